The van der Waals surface area contributed by atoms with E-state index in [0.29, 0.717) is 12.0 Å². The number of allylic oxidation sites excluding steroid dienone is 3. The van der Waals surface area contributed by atoms with E-state index in [4.69, 9.17) is 5.73 Å². The average Bonchev–Trinajstić information content (AvgIpc) is 2.21. The standard InChI is InChI=1S/C12H15FN2O2/c1-7(2)10(5-8(3)13)11(15-6-16)9(4)12(14)17/h5-6H,1,3H2,2,4H3,(H2,14,17)(H,15,16)/b10-5+,11-9-. The van der Waals surface area contributed by atoms with Crippen LogP contribution in [0.15, 0.2) is 47.5 Å². The van der Waals surface area contributed by atoms with E-state index >= 15 is 0 Å². The molecular weight excluding hydrogens is 223 g/mol. The molecule has 4 nitrogen and oxygen atoms in total. The van der Waals surface area contributed by atoms with Crippen molar-refractivity contribution >= 4 is 12.3 Å². The van der Waals surface area contributed by atoms with E-state index in [1.54, 1.807) is 6.92 Å². The predicted octanol–water partition coefficient (Wildman–Crippen LogP) is 1.48. The third-order valence-electron chi connectivity index (χ3n) is 1.98. The Morgan fingerprint density at radius 2 is 1.88 bits per heavy atom. The zero-order chi connectivity index (χ0) is 13.6. The first-order valence-electron chi connectivity index (χ1n) is 4.74. The van der Waals surface area contributed by atoms with Crippen LogP contribution in [0.25, 0.3) is 0 Å². The number of hydrogen-bond donors (Lipinski definition) is 2. The van der Waals surface area contributed by atoms with Crippen LogP contribution in [0.3, 0.4) is 0 Å². The number of rotatable bonds is 6. The van der Waals surface area contributed by atoms with Gasteiger partial charge in [0, 0.05) is 11.1 Å². The Balaban J connectivity index is 5.81. The maximum absolute atomic E-state index is 12.8. The van der Waals surface area contributed by atoms with Gasteiger partial charge in [0.15, 0.2) is 0 Å². The maximum Gasteiger partial charge on any atom is 0.246 e. The number of hydrogen-bond acceptors (Lipinski definition) is 2. The van der Waals surface area contributed by atoms with E-state index in [-0.39, 0.29) is 16.8 Å². The first-order chi connectivity index (χ1) is 7.81. The first-order valence-corrected chi connectivity index (χ1v) is 4.74. The lowest BCUT2D eigenvalue weighted by Gasteiger charge is -2.13. The molecule has 0 aromatic rings. The van der Waals surface area contributed by atoms with Gasteiger partial charge >= 0.3 is 0 Å². The molecule has 0 aliphatic heterocycles. The molecule has 3 N–H and O–H groups in total. The Bertz CT molecular complexity index is 434. The highest BCUT2D eigenvalue weighted by Crippen LogP contribution is 2.20. The minimum Gasteiger partial charge on any atom is -0.366 e. The van der Waals surface area contributed by atoms with Gasteiger partial charge in [-0.1, -0.05) is 13.2 Å². The molecular formula is C12H15FN2O2. The summed E-state index contributed by atoms with van der Waals surface area (Å²) in [6, 6.07) is 0. The van der Waals surface area contributed by atoms with Crippen LogP contribution in [-0.2, 0) is 9.59 Å². The van der Waals surface area contributed by atoms with Crippen LogP contribution >= 0.6 is 0 Å². The van der Waals surface area contributed by atoms with Crippen molar-refractivity contribution in [3.63, 3.8) is 0 Å². The second-order valence-electron chi connectivity index (χ2n) is 3.41. The highest BCUT2D eigenvalue weighted by atomic mass is 19.1. The molecule has 0 unspecified atom stereocenters. The molecule has 0 aliphatic rings. The van der Waals surface area contributed by atoms with Gasteiger partial charge < -0.3 is 11.1 Å². The van der Waals surface area contributed by atoms with Crippen molar-refractivity contribution in [2.24, 2.45) is 5.73 Å². The Hall–Kier alpha value is -2.17. The Morgan fingerprint density at radius 1 is 1.35 bits per heavy atom. The molecule has 0 aliphatic carbocycles. The minimum atomic E-state index is -0.717. The molecule has 0 saturated heterocycles. The molecule has 0 aromatic heterocycles. The lowest BCUT2D eigenvalue weighted by atomic mass is 10.0. The van der Waals surface area contributed by atoms with Crippen molar-refractivity contribution in [1.82, 2.24) is 5.32 Å². The highest BCUT2D eigenvalue weighted by Gasteiger charge is 2.13. The lowest BCUT2D eigenvalue weighted by Crippen LogP contribution is -2.22. The van der Waals surface area contributed by atoms with Gasteiger partial charge in [-0.25, -0.2) is 4.39 Å². The van der Waals surface area contributed by atoms with Crippen molar-refractivity contribution in [1.29, 1.82) is 0 Å². The summed E-state index contributed by atoms with van der Waals surface area (Å²) in [6.45, 7) is 9.75. The van der Waals surface area contributed by atoms with Crippen molar-refractivity contribution < 1.29 is 14.0 Å². The number of carbonyl (C=O) groups excluding carboxylic acids is 2. The van der Waals surface area contributed by atoms with Gasteiger partial charge in [0.05, 0.1) is 5.70 Å². The van der Waals surface area contributed by atoms with E-state index < -0.39 is 11.7 Å². The van der Waals surface area contributed by atoms with Gasteiger partial charge in [-0.3, -0.25) is 9.59 Å². The van der Waals surface area contributed by atoms with Crippen LogP contribution in [0.4, 0.5) is 4.39 Å². The molecule has 2 amide bonds. The first kappa shape index (κ1) is 14.8. The molecule has 0 bridgehead atoms. The van der Waals surface area contributed by atoms with Crippen molar-refractivity contribution in [3.05, 3.63) is 47.5 Å². The molecule has 0 radical (unpaired) electrons. The van der Waals surface area contributed by atoms with Crippen LogP contribution in [0, 0.1) is 0 Å². The monoisotopic (exact) mass is 238 g/mol. The number of nitrogens with two attached hydrogens (primary N) is 1. The summed E-state index contributed by atoms with van der Waals surface area (Å²) in [6.07, 6.45) is 1.44. The molecule has 0 fully saturated rings. The predicted molar refractivity (Wildman–Crippen MR) is 64.2 cm³/mol. The molecule has 92 valence electrons. The Kier molecular flexibility index (Phi) is 5.60. The lowest BCUT2D eigenvalue weighted by molar-refractivity contribution is -0.114. The second kappa shape index (κ2) is 6.42. The van der Waals surface area contributed by atoms with E-state index in [0.717, 1.165) is 6.08 Å². The quantitative estimate of drug-likeness (QED) is 0.418. The summed E-state index contributed by atoms with van der Waals surface area (Å²) in [5, 5.41) is 2.31. The van der Waals surface area contributed by atoms with Crippen LogP contribution in [0.1, 0.15) is 13.8 Å². The number of halogens is 1. The molecule has 0 rings (SSSR count). The molecule has 17 heavy (non-hydrogen) atoms. The zero-order valence-corrected chi connectivity index (χ0v) is 9.84. The largest absolute Gasteiger partial charge is 0.366 e. The van der Waals surface area contributed by atoms with Crippen molar-refractivity contribution in [2.45, 2.75) is 13.8 Å². The van der Waals surface area contributed by atoms with Crippen molar-refractivity contribution in [3.8, 4) is 0 Å². The van der Waals surface area contributed by atoms with E-state index in [1.165, 1.54) is 6.92 Å². The SMILES string of the molecule is C=C(F)/C=C(C(=C)C)/C(NC=O)=C(\C)C(N)=O. The number of amides is 2. The fraction of sp³-hybridized carbons (Fsp3) is 0.167. The molecule has 0 aromatic carbocycles. The van der Waals surface area contributed by atoms with Gasteiger partial charge in [0.2, 0.25) is 12.3 Å². The van der Waals surface area contributed by atoms with Crippen LogP contribution in [0.2, 0.25) is 0 Å². The second-order valence-corrected chi connectivity index (χ2v) is 3.41. The summed E-state index contributed by atoms with van der Waals surface area (Å²) in [4.78, 5) is 21.5. The third kappa shape index (κ3) is 4.46. The maximum atomic E-state index is 12.8. The topological polar surface area (TPSA) is 72.2 Å². The number of carbonyl (C=O) groups is 2. The molecule has 0 spiro atoms. The smallest absolute Gasteiger partial charge is 0.246 e. The van der Waals surface area contributed by atoms with E-state index in [1.807, 2.05) is 0 Å². The number of primary amides is 1. The van der Waals surface area contributed by atoms with Gasteiger partial charge in [-0.2, -0.15) is 0 Å². The fourth-order valence-electron chi connectivity index (χ4n) is 1.14. The summed E-state index contributed by atoms with van der Waals surface area (Å²) >= 11 is 0. The molecule has 0 heterocycles. The van der Waals surface area contributed by atoms with Crippen LogP contribution in [-0.4, -0.2) is 12.3 Å². The van der Waals surface area contributed by atoms with Gasteiger partial charge in [-0.15, -0.1) is 0 Å². The van der Waals surface area contributed by atoms with Gasteiger partial charge in [0.25, 0.3) is 0 Å². The summed E-state index contributed by atoms with van der Waals surface area (Å²) in [7, 11) is 0. The summed E-state index contributed by atoms with van der Waals surface area (Å²) < 4.78 is 12.8. The Labute approximate surface area is 99.4 Å². The normalized spacial score (nSPS) is 12.5. The molecule has 0 saturated carbocycles. The van der Waals surface area contributed by atoms with Crippen LogP contribution < -0.4 is 11.1 Å². The number of nitrogens with one attached hydrogen (secondary N) is 1. The van der Waals surface area contributed by atoms with E-state index in [2.05, 4.69) is 18.5 Å². The average molecular weight is 238 g/mol. The molecule has 5 heteroatoms. The summed E-state index contributed by atoms with van der Waals surface area (Å²) in [5.74, 6) is -1.43. The van der Waals surface area contributed by atoms with Crippen LogP contribution in [0.5, 0.6) is 0 Å². The zero-order valence-electron chi connectivity index (χ0n) is 9.84. The Morgan fingerprint density at radius 3 is 2.18 bits per heavy atom. The summed E-state index contributed by atoms with van der Waals surface area (Å²) in [5.41, 5.74) is 6.07. The molecule has 0 atom stereocenters. The third-order valence-corrected chi connectivity index (χ3v) is 1.98. The van der Waals surface area contributed by atoms with Crippen molar-refractivity contribution in [2.75, 3.05) is 0 Å². The fourth-order valence-corrected chi connectivity index (χ4v) is 1.14. The minimum absolute atomic E-state index is 0.104. The van der Waals surface area contributed by atoms with Gasteiger partial charge in [0.1, 0.15) is 5.83 Å². The van der Waals surface area contributed by atoms with E-state index in [9.17, 15) is 14.0 Å². The van der Waals surface area contributed by atoms with Gasteiger partial charge in [-0.05, 0) is 25.5 Å². The highest BCUT2D eigenvalue weighted by molar-refractivity contribution is 5.93.